The van der Waals surface area contributed by atoms with E-state index in [2.05, 4.69) is 31.3 Å². The van der Waals surface area contributed by atoms with E-state index in [1.165, 1.54) is 225 Å². The lowest BCUT2D eigenvalue weighted by Gasteiger charge is -2.20. The Morgan fingerprint density at radius 2 is 0.734 bits per heavy atom. The molecule has 6 heteroatoms. The van der Waals surface area contributed by atoms with Gasteiger partial charge in [-0.05, 0) is 57.8 Å². The highest BCUT2D eigenvalue weighted by Gasteiger charge is 2.18. The van der Waals surface area contributed by atoms with E-state index in [4.69, 9.17) is 4.74 Å². The minimum Gasteiger partial charge on any atom is -0.466 e. The zero-order valence-corrected chi connectivity index (χ0v) is 43.0. The van der Waals surface area contributed by atoms with Crippen LogP contribution in [-0.2, 0) is 14.3 Å². The number of aliphatic hydroxyl groups excluding tert-OH is 2. The van der Waals surface area contributed by atoms with Gasteiger partial charge in [0.1, 0.15) is 0 Å². The molecule has 0 aliphatic rings. The van der Waals surface area contributed by atoms with Gasteiger partial charge in [-0.15, -0.1) is 0 Å². The van der Waals surface area contributed by atoms with Crippen LogP contribution in [0.15, 0.2) is 24.3 Å². The largest absolute Gasteiger partial charge is 0.466 e. The van der Waals surface area contributed by atoms with Crippen LogP contribution in [0.3, 0.4) is 0 Å². The van der Waals surface area contributed by atoms with Crippen LogP contribution in [0.2, 0.25) is 0 Å². The molecule has 0 aromatic carbocycles. The van der Waals surface area contributed by atoms with Gasteiger partial charge in [-0.3, -0.25) is 9.59 Å². The van der Waals surface area contributed by atoms with Gasteiger partial charge in [-0.25, -0.2) is 0 Å². The number of rotatable bonds is 53. The van der Waals surface area contributed by atoms with E-state index < -0.39 is 12.1 Å². The zero-order valence-electron chi connectivity index (χ0n) is 43.0. The summed E-state index contributed by atoms with van der Waals surface area (Å²) in [6, 6.07) is -0.636. The number of allylic oxidation sites excluding steroid dienone is 3. The molecule has 0 aromatic heterocycles. The first-order valence-corrected chi connectivity index (χ1v) is 28.6. The van der Waals surface area contributed by atoms with Crippen molar-refractivity contribution >= 4 is 11.9 Å². The predicted molar refractivity (Wildman–Crippen MR) is 278 cm³/mol. The number of unbranched alkanes of at least 4 members (excludes halogenated alkanes) is 40. The topological polar surface area (TPSA) is 95.9 Å². The zero-order chi connectivity index (χ0) is 46.5. The summed E-state index contributed by atoms with van der Waals surface area (Å²) in [6.07, 6.45) is 64.8. The first-order chi connectivity index (χ1) is 31.5. The van der Waals surface area contributed by atoms with Crippen LogP contribution in [0.1, 0.15) is 309 Å². The van der Waals surface area contributed by atoms with Crippen molar-refractivity contribution in [1.29, 1.82) is 0 Å². The number of nitrogens with one attached hydrogen (secondary N) is 1. The molecule has 64 heavy (non-hydrogen) atoms. The van der Waals surface area contributed by atoms with Crippen LogP contribution in [0.5, 0.6) is 0 Å². The summed E-state index contributed by atoms with van der Waals surface area (Å²) in [6.45, 7) is 4.89. The molecule has 1 amide bonds. The molecule has 0 saturated carbocycles. The second kappa shape index (κ2) is 54.0. The van der Waals surface area contributed by atoms with Crippen molar-refractivity contribution in [3.05, 3.63) is 24.3 Å². The monoisotopic (exact) mass is 902 g/mol. The Kier molecular flexibility index (Phi) is 52.6. The second-order valence-electron chi connectivity index (χ2n) is 19.6. The Labute approximate surface area is 399 Å². The van der Waals surface area contributed by atoms with E-state index in [1.54, 1.807) is 6.08 Å². The molecule has 0 fully saturated rings. The summed E-state index contributed by atoms with van der Waals surface area (Å²) >= 11 is 0. The number of ether oxygens (including phenoxy) is 1. The van der Waals surface area contributed by atoms with Crippen LogP contribution in [0.4, 0.5) is 0 Å². The standard InChI is InChI=1S/C58H111NO5/c1-3-5-7-9-11-13-15-17-22-26-30-34-38-42-46-50-56(61)55(54-60)59-57(62)51-47-43-39-35-31-27-24-20-19-21-25-29-33-37-41-45-49-53-64-58(63)52-48-44-40-36-32-28-23-18-16-14-12-10-8-6-4-2/h19,21,46,50,55-56,60-61H,3-18,20,22-45,47-49,51-54H2,1-2H3,(H,59,62)/b21-19-,50-46+. The van der Waals surface area contributed by atoms with E-state index in [0.29, 0.717) is 19.4 Å². The fourth-order valence-corrected chi connectivity index (χ4v) is 8.81. The number of aliphatic hydroxyl groups is 2. The van der Waals surface area contributed by atoms with Crippen molar-refractivity contribution in [3.63, 3.8) is 0 Å². The molecule has 0 radical (unpaired) electrons. The quantitative estimate of drug-likeness (QED) is 0.0321. The van der Waals surface area contributed by atoms with E-state index in [1.807, 2.05) is 6.08 Å². The molecule has 0 aromatic rings. The van der Waals surface area contributed by atoms with Crippen molar-refractivity contribution in [1.82, 2.24) is 5.32 Å². The minimum atomic E-state index is -0.851. The molecule has 0 aliphatic carbocycles. The summed E-state index contributed by atoms with van der Waals surface area (Å²) in [5.74, 6) is -0.0787. The maximum absolute atomic E-state index is 12.4. The molecule has 0 saturated heterocycles. The van der Waals surface area contributed by atoms with Gasteiger partial charge in [0.2, 0.25) is 5.91 Å². The number of amides is 1. The van der Waals surface area contributed by atoms with Gasteiger partial charge in [0.05, 0.1) is 25.4 Å². The predicted octanol–water partition coefficient (Wildman–Crippen LogP) is 17.5. The van der Waals surface area contributed by atoms with Gasteiger partial charge in [0, 0.05) is 12.8 Å². The molecule has 3 N–H and O–H groups in total. The lowest BCUT2D eigenvalue weighted by atomic mass is 10.0. The SMILES string of the molecule is CCCCCCCCCCCCCCC/C=C/C(O)C(CO)NC(=O)CCCCCCCCC/C=C\CCCCCCCCOC(=O)CCCCCCCCCCCCCCCCC. The molecule has 0 aliphatic heterocycles. The molecule has 6 nitrogen and oxygen atoms in total. The van der Waals surface area contributed by atoms with Crippen LogP contribution >= 0.6 is 0 Å². The van der Waals surface area contributed by atoms with Crippen LogP contribution in [0.25, 0.3) is 0 Å². The van der Waals surface area contributed by atoms with Crippen molar-refractivity contribution in [3.8, 4) is 0 Å². The minimum absolute atomic E-state index is 0.000212. The first kappa shape index (κ1) is 62.3. The molecule has 0 spiro atoms. The van der Waals surface area contributed by atoms with Gasteiger partial charge in [-0.2, -0.15) is 0 Å². The van der Waals surface area contributed by atoms with Crippen molar-refractivity contribution in [2.45, 2.75) is 321 Å². The average Bonchev–Trinajstić information content (AvgIpc) is 3.29. The molecule has 2 atom stereocenters. The summed E-state index contributed by atoms with van der Waals surface area (Å²) in [7, 11) is 0. The third kappa shape index (κ3) is 49.8. The highest BCUT2D eigenvalue weighted by molar-refractivity contribution is 5.76. The molecule has 378 valence electrons. The number of hydrogen-bond acceptors (Lipinski definition) is 5. The Bertz CT molecular complexity index is 997. The summed E-state index contributed by atoms with van der Waals surface area (Å²) in [5.41, 5.74) is 0. The van der Waals surface area contributed by atoms with Crippen molar-refractivity contribution < 1.29 is 24.5 Å². The lowest BCUT2D eigenvalue weighted by molar-refractivity contribution is -0.143. The van der Waals surface area contributed by atoms with E-state index in [-0.39, 0.29) is 18.5 Å². The molecule has 0 rings (SSSR count). The fourth-order valence-electron chi connectivity index (χ4n) is 8.81. The summed E-state index contributed by atoms with van der Waals surface area (Å²) < 4.78 is 5.47. The second-order valence-corrected chi connectivity index (χ2v) is 19.6. The Morgan fingerprint density at radius 1 is 0.422 bits per heavy atom. The smallest absolute Gasteiger partial charge is 0.305 e. The van der Waals surface area contributed by atoms with Crippen LogP contribution in [-0.4, -0.2) is 47.4 Å². The first-order valence-electron chi connectivity index (χ1n) is 28.6. The van der Waals surface area contributed by atoms with Gasteiger partial charge in [0.15, 0.2) is 0 Å². The molecular formula is C58H111NO5. The maximum Gasteiger partial charge on any atom is 0.305 e. The van der Waals surface area contributed by atoms with Crippen molar-refractivity contribution in [2.24, 2.45) is 0 Å². The maximum atomic E-state index is 12.4. The Morgan fingerprint density at radius 3 is 1.11 bits per heavy atom. The Hall–Kier alpha value is -1.66. The number of hydrogen-bond donors (Lipinski definition) is 3. The number of carbonyl (C=O) groups excluding carboxylic acids is 2. The third-order valence-electron chi connectivity index (χ3n) is 13.2. The van der Waals surface area contributed by atoms with E-state index in [9.17, 15) is 19.8 Å². The number of esters is 1. The fraction of sp³-hybridized carbons (Fsp3) is 0.897. The molecule has 0 bridgehead atoms. The lowest BCUT2D eigenvalue weighted by Crippen LogP contribution is -2.45. The van der Waals surface area contributed by atoms with Gasteiger partial charge in [-0.1, -0.05) is 263 Å². The van der Waals surface area contributed by atoms with Crippen LogP contribution in [0, 0.1) is 0 Å². The summed E-state index contributed by atoms with van der Waals surface area (Å²) in [4.78, 5) is 24.5. The average molecular weight is 903 g/mol. The van der Waals surface area contributed by atoms with E-state index >= 15 is 0 Å². The third-order valence-corrected chi connectivity index (χ3v) is 13.2. The van der Waals surface area contributed by atoms with Gasteiger partial charge in [0.25, 0.3) is 0 Å². The number of carbonyl (C=O) groups is 2. The summed E-state index contributed by atoms with van der Waals surface area (Å²) in [5, 5.41) is 23.1. The van der Waals surface area contributed by atoms with Gasteiger partial charge < -0.3 is 20.3 Å². The van der Waals surface area contributed by atoms with Gasteiger partial charge >= 0.3 is 5.97 Å². The highest BCUT2D eigenvalue weighted by atomic mass is 16.5. The molecule has 2 unspecified atom stereocenters. The van der Waals surface area contributed by atoms with Crippen molar-refractivity contribution in [2.75, 3.05) is 13.2 Å². The Balaban J connectivity index is 3.47. The van der Waals surface area contributed by atoms with Crippen LogP contribution < -0.4 is 5.32 Å². The highest BCUT2D eigenvalue weighted by Crippen LogP contribution is 2.16. The molecule has 0 heterocycles. The normalized spacial score (nSPS) is 12.8. The van der Waals surface area contributed by atoms with E-state index in [0.717, 1.165) is 57.8 Å². The molecular weight excluding hydrogens is 791 g/mol.